The van der Waals surface area contributed by atoms with Crippen molar-refractivity contribution in [2.45, 2.75) is 31.1 Å². The number of hydrogen-bond donors (Lipinski definition) is 1. The van der Waals surface area contributed by atoms with E-state index in [2.05, 4.69) is 42.5 Å². The van der Waals surface area contributed by atoms with Crippen LogP contribution < -0.4 is 5.32 Å². The largest absolute Gasteiger partial charge is 0.311 e. The topological polar surface area (TPSA) is 12.0 Å². The molecule has 0 aromatic carbocycles. The summed E-state index contributed by atoms with van der Waals surface area (Å²) in [5.41, 5.74) is 1.45. The molecular weight excluding hydrogens is 210 g/mol. The summed E-state index contributed by atoms with van der Waals surface area (Å²) in [7, 11) is 2.09. The Labute approximate surface area is 94.3 Å². The van der Waals surface area contributed by atoms with Crippen LogP contribution in [0.2, 0.25) is 0 Å². The highest BCUT2D eigenvalue weighted by Gasteiger charge is 2.27. The quantitative estimate of drug-likeness (QED) is 0.851. The molecule has 2 atom stereocenters. The van der Waals surface area contributed by atoms with Crippen molar-refractivity contribution >= 4 is 23.1 Å². The van der Waals surface area contributed by atoms with Crippen molar-refractivity contribution in [2.24, 2.45) is 0 Å². The third kappa shape index (κ3) is 2.00. The lowest BCUT2D eigenvalue weighted by molar-refractivity contribution is 0.558. The Balaban J connectivity index is 2.16. The van der Waals surface area contributed by atoms with Gasteiger partial charge in [0.05, 0.1) is 6.04 Å². The Morgan fingerprint density at radius 2 is 2.43 bits per heavy atom. The third-order valence-corrected chi connectivity index (χ3v) is 5.39. The second-order valence-electron chi connectivity index (χ2n) is 3.79. The van der Waals surface area contributed by atoms with Gasteiger partial charge in [-0.25, -0.2) is 0 Å². The first-order valence-electron chi connectivity index (χ1n) is 5.16. The number of rotatable bonds is 3. The molecule has 1 aliphatic heterocycles. The Bertz CT molecular complexity index is 289. The normalized spacial score (nSPS) is 24.0. The van der Waals surface area contributed by atoms with Gasteiger partial charge in [0.2, 0.25) is 0 Å². The predicted molar refractivity (Wildman–Crippen MR) is 66.3 cm³/mol. The van der Waals surface area contributed by atoms with Crippen molar-refractivity contribution in [1.82, 2.24) is 5.32 Å². The average Bonchev–Trinajstić information content (AvgIpc) is 2.80. The van der Waals surface area contributed by atoms with E-state index < -0.39 is 0 Å². The second-order valence-corrected chi connectivity index (χ2v) is 6.08. The lowest BCUT2D eigenvalue weighted by atomic mass is 10.1. The zero-order chi connectivity index (χ0) is 9.97. The lowest BCUT2D eigenvalue weighted by Gasteiger charge is -2.22. The Kier molecular flexibility index (Phi) is 3.52. The molecule has 3 heteroatoms. The van der Waals surface area contributed by atoms with E-state index in [1.54, 1.807) is 0 Å². The van der Waals surface area contributed by atoms with Gasteiger partial charge in [0.1, 0.15) is 0 Å². The molecule has 1 N–H and O–H groups in total. The number of hydrogen-bond acceptors (Lipinski definition) is 3. The number of thioether (sulfide) groups is 1. The van der Waals surface area contributed by atoms with Gasteiger partial charge in [-0.05, 0) is 49.6 Å². The number of thiophene rings is 1. The molecule has 0 bridgehead atoms. The number of nitrogens with one attached hydrogen (secondary N) is 1. The Morgan fingerprint density at radius 3 is 2.93 bits per heavy atom. The first kappa shape index (κ1) is 10.5. The van der Waals surface area contributed by atoms with Crippen LogP contribution in [0.1, 0.15) is 29.3 Å². The van der Waals surface area contributed by atoms with Crippen LogP contribution in [-0.2, 0) is 0 Å². The van der Waals surface area contributed by atoms with Gasteiger partial charge in [-0.15, -0.1) is 11.3 Å². The molecule has 0 saturated carbocycles. The van der Waals surface area contributed by atoms with E-state index in [-0.39, 0.29) is 0 Å². The molecule has 0 spiro atoms. The van der Waals surface area contributed by atoms with Crippen molar-refractivity contribution in [3.8, 4) is 0 Å². The molecule has 2 unspecified atom stereocenters. The molecule has 14 heavy (non-hydrogen) atoms. The fourth-order valence-electron chi connectivity index (χ4n) is 2.05. The van der Waals surface area contributed by atoms with Crippen LogP contribution in [0.15, 0.2) is 11.4 Å². The first-order valence-corrected chi connectivity index (χ1v) is 7.08. The van der Waals surface area contributed by atoms with E-state index in [4.69, 9.17) is 0 Å². The smallest absolute Gasteiger partial charge is 0.0535 e. The highest BCUT2D eigenvalue weighted by molar-refractivity contribution is 8.00. The summed E-state index contributed by atoms with van der Waals surface area (Å²) in [5.74, 6) is 1.34. The van der Waals surface area contributed by atoms with Crippen LogP contribution >= 0.6 is 23.1 Å². The average molecular weight is 227 g/mol. The fraction of sp³-hybridized carbons (Fsp3) is 0.636. The van der Waals surface area contributed by atoms with Crippen LogP contribution in [0.5, 0.6) is 0 Å². The molecule has 78 valence electrons. The summed E-state index contributed by atoms with van der Waals surface area (Å²) in [6.45, 7) is 2.22. The molecule has 1 nitrogen and oxygen atoms in total. The molecule has 0 amide bonds. The standard InChI is InChI=1S/C11H17NS2/c1-8-5-7-14-11(8)10(12-2)9-4-3-6-13-9/h5,7,9-10,12H,3-4,6H2,1-2H3. The van der Waals surface area contributed by atoms with Gasteiger partial charge < -0.3 is 5.32 Å². The molecule has 1 aliphatic rings. The first-order chi connectivity index (χ1) is 6.83. The van der Waals surface area contributed by atoms with Crippen molar-refractivity contribution in [1.29, 1.82) is 0 Å². The Hall–Kier alpha value is 0.01000. The molecule has 0 aliphatic carbocycles. The monoisotopic (exact) mass is 227 g/mol. The van der Waals surface area contributed by atoms with Crippen molar-refractivity contribution < 1.29 is 0 Å². The van der Waals surface area contributed by atoms with Gasteiger partial charge in [-0.2, -0.15) is 11.8 Å². The highest BCUT2D eigenvalue weighted by atomic mass is 32.2. The molecule has 0 radical (unpaired) electrons. The van der Waals surface area contributed by atoms with Gasteiger partial charge in [-0.1, -0.05) is 0 Å². The summed E-state index contributed by atoms with van der Waals surface area (Å²) < 4.78 is 0. The predicted octanol–water partition coefficient (Wildman–Crippen LogP) is 3.21. The SMILES string of the molecule is CNC(c1sccc1C)C1CCCS1. The molecule has 1 aromatic rings. The molecule has 1 fully saturated rings. The van der Waals surface area contributed by atoms with Gasteiger partial charge in [0, 0.05) is 10.1 Å². The third-order valence-electron chi connectivity index (χ3n) is 2.83. The summed E-state index contributed by atoms with van der Waals surface area (Å²) in [4.78, 5) is 1.53. The minimum atomic E-state index is 0.572. The minimum absolute atomic E-state index is 0.572. The fourth-order valence-corrected chi connectivity index (χ4v) is 4.68. The van der Waals surface area contributed by atoms with E-state index in [1.807, 2.05) is 11.3 Å². The van der Waals surface area contributed by atoms with E-state index >= 15 is 0 Å². The van der Waals surface area contributed by atoms with Crippen molar-refractivity contribution in [3.05, 3.63) is 21.9 Å². The number of aryl methyl sites for hydroxylation is 1. The molecule has 2 heterocycles. The van der Waals surface area contributed by atoms with Crippen LogP contribution in [-0.4, -0.2) is 18.1 Å². The maximum atomic E-state index is 3.48. The maximum Gasteiger partial charge on any atom is 0.0535 e. The maximum absolute atomic E-state index is 3.48. The van der Waals surface area contributed by atoms with Gasteiger partial charge >= 0.3 is 0 Å². The molecule has 1 aromatic heterocycles. The van der Waals surface area contributed by atoms with Crippen molar-refractivity contribution in [3.63, 3.8) is 0 Å². The van der Waals surface area contributed by atoms with Gasteiger partial charge in [0.25, 0.3) is 0 Å². The molecule has 2 rings (SSSR count). The summed E-state index contributed by atoms with van der Waals surface area (Å²) >= 11 is 4.02. The minimum Gasteiger partial charge on any atom is -0.311 e. The van der Waals surface area contributed by atoms with Crippen LogP contribution in [0.4, 0.5) is 0 Å². The van der Waals surface area contributed by atoms with Crippen LogP contribution in [0.25, 0.3) is 0 Å². The van der Waals surface area contributed by atoms with Crippen LogP contribution in [0, 0.1) is 6.92 Å². The molecule has 1 saturated heterocycles. The molecular formula is C11H17NS2. The highest BCUT2D eigenvalue weighted by Crippen LogP contribution is 2.38. The van der Waals surface area contributed by atoms with Crippen molar-refractivity contribution in [2.75, 3.05) is 12.8 Å². The Morgan fingerprint density at radius 1 is 1.57 bits per heavy atom. The van der Waals surface area contributed by atoms with E-state index in [0.717, 1.165) is 5.25 Å². The van der Waals surface area contributed by atoms with Gasteiger partial charge in [0.15, 0.2) is 0 Å². The van der Waals surface area contributed by atoms with E-state index in [1.165, 1.54) is 29.0 Å². The van der Waals surface area contributed by atoms with Gasteiger partial charge in [-0.3, -0.25) is 0 Å². The zero-order valence-corrected chi connectivity index (χ0v) is 10.4. The summed E-state index contributed by atoms with van der Waals surface area (Å²) in [5, 5.41) is 6.47. The summed E-state index contributed by atoms with van der Waals surface area (Å²) in [6.07, 6.45) is 2.76. The van der Waals surface area contributed by atoms with E-state index in [9.17, 15) is 0 Å². The second kappa shape index (κ2) is 4.69. The zero-order valence-electron chi connectivity index (χ0n) is 8.75. The summed E-state index contributed by atoms with van der Waals surface area (Å²) in [6, 6.07) is 2.80. The van der Waals surface area contributed by atoms with E-state index in [0.29, 0.717) is 6.04 Å². The lowest BCUT2D eigenvalue weighted by Crippen LogP contribution is -2.25. The van der Waals surface area contributed by atoms with Crippen LogP contribution in [0.3, 0.4) is 0 Å².